The van der Waals surface area contributed by atoms with Crippen molar-refractivity contribution < 1.29 is 23.9 Å². The minimum Gasteiger partial charge on any atom is -0.469 e. The summed E-state index contributed by atoms with van der Waals surface area (Å²) in [6, 6.07) is 25.9. The molecule has 1 atom stereocenters. The fraction of sp³-hybridized carbons (Fsp3) is 0.241. The molecule has 0 bridgehead atoms. The largest absolute Gasteiger partial charge is 0.469 e. The van der Waals surface area contributed by atoms with Crippen LogP contribution in [0.3, 0.4) is 0 Å². The monoisotopic (exact) mass is 471 g/mol. The summed E-state index contributed by atoms with van der Waals surface area (Å²) in [6.45, 7) is 2.38. The third kappa shape index (κ3) is 6.23. The van der Waals surface area contributed by atoms with Crippen LogP contribution in [0.4, 0.5) is 0 Å². The zero-order valence-electron chi connectivity index (χ0n) is 19.9. The molecule has 1 heterocycles. The van der Waals surface area contributed by atoms with Crippen molar-refractivity contribution >= 4 is 5.97 Å². The van der Waals surface area contributed by atoms with Crippen molar-refractivity contribution in [3.63, 3.8) is 0 Å². The van der Waals surface area contributed by atoms with Gasteiger partial charge in [-0.25, -0.2) is 0 Å². The van der Waals surface area contributed by atoms with Gasteiger partial charge in [-0.2, -0.15) is 0 Å². The average Bonchev–Trinajstić information content (AvgIpc) is 3.29. The molecule has 35 heavy (non-hydrogen) atoms. The fourth-order valence-electron chi connectivity index (χ4n) is 3.99. The van der Waals surface area contributed by atoms with Gasteiger partial charge < -0.3 is 19.1 Å². The molecule has 4 rings (SSSR count). The summed E-state index contributed by atoms with van der Waals surface area (Å²) in [5, 5.41) is 14.9. The van der Waals surface area contributed by atoms with E-state index < -0.39 is 6.10 Å². The van der Waals surface area contributed by atoms with Crippen LogP contribution in [-0.4, -0.2) is 29.9 Å². The first kappa shape index (κ1) is 24.4. The Balaban J connectivity index is 1.46. The first-order valence-corrected chi connectivity index (χ1v) is 11.6. The van der Waals surface area contributed by atoms with Gasteiger partial charge >= 0.3 is 5.97 Å². The second-order valence-corrected chi connectivity index (χ2v) is 8.38. The molecule has 180 valence electrons. The molecule has 6 nitrogen and oxygen atoms in total. The molecule has 0 saturated heterocycles. The first-order valence-electron chi connectivity index (χ1n) is 11.6. The Labute approximate surface area is 205 Å². The highest BCUT2D eigenvalue weighted by Gasteiger charge is 2.22. The third-order valence-electron chi connectivity index (χ3n) is 5.88. The third-order valence-corrected chi connectivity index (χ3v) is 5.88. The number of carbonyl (C=O) groups is 1. The van der Waals surface area contributed by atoms with Crippen LogP contribution >= 0.6 is 0 Å². The summed E-state index contributed by atoms with van der Waals surface area (Å²) < 4.78 is 16.1. The molecule has 3 aromatic carbocycles. The van der Waals surface area contributed by atoms with Crippen LogP contribution in [0.2, 0.25) is 0 Å². The predicted molar refractivity (Wildman–Crippen MR) is 134 cm³/mol. The van der Waals surface area contributed by atoms with Crippen molar-refractivity contribution in [3.8, 4) is 22.5 Å². The number of methoxy groups -OCH3 is 1. The van der Waals surface area contributed by atoms with Crippen LogP contribution in [0, 0.1) is 6.92 Å². The Hall–Kier alpha value is -3.74. The van der Waals surface area contributed by atoms with Crippen molar-refractivity contribution in [3.05, 3.63) is 101 Å². The van der Waals surface area contributed by atoms with E-state index >= 15 is 0 Å². The molecule has 0 aliphatic heterocycles. The Morgan fingerprint density at radius 2 is 1.66 bits per heavy atom. The number of ether oxygens (including phenoxy) is 2. The predicted octanol–water partition coefficient (Wildman–Crippen LogP) is 5.67. The van der Waals surface area contributed by atoms with E-state index in [1.54, 1.807) is 0 Å². The number of aliphatic hydroxyl groups excluding tert-OH is 1. The highest BCUT2D eigenvalue weighted by atomic mass is 16.5. The zero-order chi connectivity index (χ0) is 24.6. The summed E-state index contributed by atoms with van der Waals surface area (Å²) in [4.78, 5) is 11.5. The Kier molecular flexibility index (Phi) is 8.08. The lowest BCUT2D eigenvalue weighted by atomic mass is 9.98. The van der Waals surface area contributed by atoms with E-state index in [9.17, 15) is 9.90 Å². The van der Waals surface area contributed by atoms with Gasteiger partial charge in [-0.05, 0) is 35.6 Å². The molecular weight excluding hydrogens is 442 g/mol. The topological polar surface area (TPSA) is 81.8 Å². The van der Waals surface area contributed by atoms with E-state index in [0.29, 0.717) is 36.5 Å². The van der Waals surface area contributed by atoms with Crippen molar-refractivity contribution in [1.82, 2.24) is 5.16 Å². The Morgan fingerprint density at radius 3 is 2.40 bits per heavy atom. The second kappa shape index (κ2) is 11.6. The van der Waals surface area contributed by atoms with Gasteiger partial charge in [0.2, 0.25) is 0 Å². The normalized spacial score (nSPS) is 11.9. The summed E-state index contributed by atoms with van der Waals surface area (Å²) in [5.41, 5.74) is 6.32. The minimum absolute atomic E-state index is 0.139. The second-order valence-electron chi connectivity index (χ2n) is 8.38. The Bertz CT molecular complexity index is 1250. The number of aryl methyl sites for hydroxylation is 2. The number of carbonyl (C=O) groups excluding carboxylic acids is 1. The molecule has 0 aliphatic rings. The van der Waals surface area contributed by atoms with Crippen molar-refractivity contribution in [2.24, 2.45) is 0 Å². The fourth-order valence-corrected chi connectivity index (χ4v) is 3.99. The highest BCUT2D eigenvalue weighted by molar-refractivity contribution is 5.71. The van der Waals surface area contributed by atoms with E-state index in [4.69, 9.17) is 14.0 Å². The van der Waals surface area contributed by atoms with E-state index in [-0.39, 0.29) is 12.6 Å². The molecule has 0 saturated carbocycles. The van der Waals surface area contributed by atoms with Crippen LogP contribution in [0.15, 0.2) is 83.4 Å². The number of aromatic nitrogens is 1. The van der Waals surface area contributed by atoms with Crippen molar-refractivity contribution in [1.29, 1.82) is 0 Å². The molecule has 0 radical (unpaired) electrons. The molecule has 0 amide bonds. The molecular formula is C29H29NO5. The van der Waals surface area contributed by atoms with Gasteiger partial charge in [0.05, 0.1) is 31.6 Å². The molecule has 0 fully saturated rings. The lowest BCUT2D eigenvalue weighted by molar-refractivity contribution is -0.140. The summed E-state index contributed by atoms with van der Waals surface area (Å²) in [5.74, 6) is 0.322. The molecule has 6 heteroatoms. The van der Waals surface area contributed by atoms with E-state index in [1.165, 1.54) is 7.11 Å². The van der Waals surface area contributed by atoms with Crippen molar-refractivity contribution in [2.75, 3.05) is 13.7 Å². The summed E-state index contributed by atoms with van der Waals surface area (Å²) in [6.07, 6.45) is 0.124. The molecule has 1 N–H and O–H groups in total. The maximum absolute atomic E-state index is 11.5. The smallest absolute Gasteiger partial charge is 0.305 e. The van der Waals surface area contributed by atoms with E-state index in [0.717, 1.165) is 27.8 Å². The Morgan fingerprint density at radius 1 is 0.943 bits per heavy atom. The molecule has 1 aromatic heterocycles. The van der Waals surface area contributed by atoms with Crippen LogP contribution in [0.25, 0.3) is 22.5 Å². The first-order chi connectivity index (χ1) is 17.0. The van der Waals surface area contributed by atoms with Crippen LogP contribution in [0.1, 0.15) is 34.9 Å². The summed E-state index contributed by atoms with van der Waals surface area (Å²) >= 11 is 0. The molecule has 0 aliphatic carbocycles. The SMILES string of the molecule is COC(=O)CCc1cccc(-c2ccc(-c3onc(C)c3C(O)COCc3ccccc3)cc2)c1. The van der Waals surface area contributed by atoms with Crippen LogP contribution in [-0.2, 0) is 27.3 Å². The van der Waals surface area contributed by atoms with E-state index in [1.807, 2.05) is 79.7 Å². The summed E-state index contributed by atoms with van der Waals surface area (Å²) in [7, 11) is 1.40. The van der Waals surface area contributed by atoms with Gasteiger partial charge in [0, 0.05) is 12.0 Å². The van der Waals surface area contributed by atoms with Crippen molar-refractivity contribution in [2.45, 2.75) is 32.5 Å². The maximum Gasteiger partial charge on any atom is 0.305 e. The average molecular weight is 472 g/mol. The van der Waals surface area contributed by atoms with Gasteiger partial charge in [0.25, 0.3) is 0 Å². The van der Waals surface area contributed by atoms with Gasteiger partial charge in [-0.1, -0.05) is 84.0 Å². The van der Waals surface area contributed by atoms with Crippen LogP contribution in [0.5, 0.6) is 0 Å². The van der Waals surface area contributed by atoms with Gasteiger partial charge in [-0.3, -0.25) is 4.79 Å². The van der Waals surface area contributed by atoms with Gasteiger partial charge in [0.15, 0.2) is 5.76 Å². The lowest BCUT2D eigenvalue weighted by Gasteiger charge is -2.12. The number of esters is 1. The minimum atomic E-state index is -0.855. The molecule has 0 spiro atoms. The lowest BCUT2D eigenvalue weighted by Crippen LogP contribution is -2.09. The van der Waals surface area contributed by atoms with Gasteiger partial charge in [0.1, 0.15) is 6.10 Å². The zero-order valence-corrected chi connectivity index (χ0v) is 19.9. The van der Waals surface area contributed by atoms with E-state index in [2.05, 4.69) is 11.2 Å². The molecule has 1 unspecified atom stereocenters. The number of aliphatic hydroxyl groups is 1. The quantitative estimate of drug-likeness (QED) is 0.300. The number of hydrogen-bond acceptors (Lipinski definition) is 6. The number of hydrogen-bond donors (Lipinski definition) is 1. The van der Waals surface area contributed by atoms with Crippen LogP contribution < -0.4 is 0 Å². The number of benzene rings is 3. The van der Waals surface area contributed by atoms with Gasteiger partial charge in [-0.15, -0.1) is 0 Å². The highest BCUT2D eigenvalue weighted by Crippen LogP contribution is 2.33. The molecule has 4 aromatic rings. The number of rotatable bonds is 10. The number of nitrogens with zero attached hydrogens (tertiary/aromatic N) is 1. The maximum atomic E-state index is 11.5. The standard InChI is InChI=1S/C29H29NO5/c1-20-28(26(31)19-34-18-22-7-4-3-5-8-22)29(35-30-20)24-14-12-23(13-15-24)25-10-6-9-21(17-25)11-16-27(32)33-2/h3-10,12-15,17,26,31H,11,16,18-19H2,1-2H3.